The Morgan fingerprint density at radius 3 is 2.94 bits per heavy atom. The van der Waals surface area contributed by atoms with Gasteiger partial charge in [0.05, 0.1) is 24.5 Å². The summed E-state index contributed by atoms with van der Waals surface area (Å²) in [5, 5.41) is 10.2. The molecule has 0 unspecified atom stereocenters. The molecule has 4 nitrogen and oxygen atoms in total. The van der Waals surface area contributed by atoms with Crippen molar-refractivity contribution in [1.29, 1.82) is 0 Å². The number of benzene rings is 1. The van der Waals surface area contributed by atoms with Crippen molar-refractivity contribution in [3.8, 4) is 5.75 Å². The maximum absolute atomic E-state index is 5.67. The van der Waals surface area contributed by atoms with Crippen LogP contribution >= 0.6 is 0 Å². The SMILES string of the molecule is CCCOc1ccccc1NCc1ccn[nH]1. The lowest BCUT2D eigenvalue weighted by Crippen LogP contribution is -2.03. The van der Waals surface area contributed by atoms with E-state index >= 15 is 0 Å². The normalized spacial score (nSPS) is 10.2. The fourth-order valence-corrected chi connectivity index (χ4v) is 1.52. The summed E-state index contributed by atoms with van der Waals surface area (Å²) in [6.45, 7) is 3.55. The molecule has 0 saturated heterocycles. The predicted octanol–water partition coefficient (Wildman–Crippen LogP) is 2.81. The van der Waals surface area contributed by atoms with E-state index < -0.39 is 0 Å². The molecule has 17 heavy (non-hydrogen) atoms. The zero-order valence-electron chi connectivity index (χ0n) is 9.94. The molecule has 0 saturated carbocycles. The number of para-hydroxylation sites is 2. The number of aromatic nitrogens is 2. The summed E-state index contributed by atoms with van der Waals surface area (Å²) in [4.78, 5) is 0. The van der Waals surface area contributed by atoms with Crippen LogP contribution in [0.25, 0.3) is 0 Å². The fraction of sp³-hybridized carbons (Fsp3) is 0.308. The van der Waals surface area contributed by atoms with Gasteiger partial charge in [0, 0.05) is 6.20 Å². The molecule has 0 aliphatic heterocycles. The molecule has 2 rings (SSSR count). The summed E-state index contributed by atoms with van der Waals surface area (Å²) >= 11 is 0. The van der Waals surface area contributed by atoms with Crippen LogP contribution in [0.4, 0.5) is 5.69 Å². The molecule has 0 bridgehead atoms. The highest BCUT2D eigenvalue weighted by Gasteiger charge is 2.02. The monoisotopic (exact) mass is 231 g/mol. The molecule has 0 aliphatic carbocycles. The highest BCUT2D eigenvalue weighted by molar-refractivity contribution is 5.56. The minimum absolute atomic E-state index is 0.715. The zero-order valence-corrected chi connectivity index (χ0v) is 9.94. The molecule has 1 heterocycles. The van der Waals surface area contributed by atoms with Crippen molar-refractivity contribution in [2.45, 2.75) is 19.9 Å². The Hall–Kier alpha value is -1.97. The molecule has 0 aliphatic rings. The topological polar surface area (TPSA) is 49.9 Å². The summed E-state index contributed by atoms with van der Waals surface area (Å²) in [5.41, 5.74) is 2.06. The second-order valence-electron chi connectivity index (χ2n) is 3.78. The minimum Gasteiger partial charge on any atom is -0.491 e. The Morgan fingerprint density at radius 2 is 2.18 bits per heavy atom. The largest absolute Gasteiger partial charge is 0.491 e. The second-order valence-corrected chi connectivity index (χ2v) is 3.78. The number of nitrogens with one attached hydrogen (secondary N) is 2. The number of hydrogen-bond acceptors (Lipinski definition) is 3. The third kappa shape index (κ3) is 3.24. The number of hydrogen-bond donors (Lipinski definition) is 2. The Labute approximate surface area is 101 Å². The maximum Gasteiger partial charge on any atom is 0.142 e. The molecule has 0 fully saturated rings. The van der Waals surface area contributed by atoms with Crippen LogP contribution in [0.1, 0.15) is 19.0 Å². The highest BCUT2D eigenvalue weighted by atomic mass is 16.5. The van der Waals surface area contributed by atoms with Crippen molar-refractivity contribution >= 4 is 5.69 Å². The Bertz CT molecular complexity index is 440. The summed E-state index contributed by atoms with van der Waals surface area (Å²) in [7, 11) is 0. The number of aromatic amines is 1. The number of anilines is 1. The molecule has 4 heteroatoms. The molecule has 2 N–H and O–H groups in total. The number of rotatable bonds is 6. The van der Waals surface area contributed by atoms with E-state index in [4.69, 9.17) is 4.74 Å². The van der Waals surface area contributed by atoms with E-state index in [-0.39, 0.29) is 0 Å². The summed E-state index contributed by atoms with van der Waals surface area (Å²) in [6.07, 6.45) is 2.76. The van der Waals surface area contributed by atoms with Crippen LogP contribution in [0.2, 0.25) is 0 Å². The van der Waals surface area contributed by atoms with Crippen LogP contribution in [0.15, 0.2) is 36.5 Å². The van der Waals surface area contributed by atoms with Crippen LogP contribution < -0.4 is 10.1 Å². The van der Waals surface area contributed by atoms with E-state index in [0.717, 1.165) is 30.2 Å². The summed E-state index contributed by atoms with van der Waals surface area (Å²) in [6, 6.07) is 9.91. The lowest BCUT2D eigenvalue weighted by Gasteiger charge is -2.11. The van der Waals surface area contributed by atoms with Gasteiger partial charge in [-0.25, -0.2) is 0 Å². The van der Waals surface area contributed by atoms with Gasteiger partial charge in [-0.2, -0.15) is 5.10 Å². The number of ether oxygens (including phenoxy) is 1. The van der Waals surface area contributed by atoms with Crippen molar-refractivity contribution in [1.82, 2.24) is 10.2 Å². The van der Waals surface area contributed by atoms with E-state index in [1.807, 2.05) is 30.3 Å². The first-order chi connectivity index (χ1) is 8.40. The molecular weight excluding hydrogens is 214 g/mol. The maximum atomic E-state index is 5.67. The van der Waals surface area contributed by atoms with Gasteiger partial charge in [-0.1, -0.05) is 19.1 Å². The Kier molecular flexibility index (Phi) is 4.02. The van der Waals surface area contributed by atoms with E-state index in [1.54, 1.807) is 6.20 Å². The van der Waals surface area contributed by atoms with Crippen LogP contribution in [-0.4, -0.2) is 16.8 Å². The smallest absolute Gasteiger partial charge is 0.142 e. The molecule has 0 atom stereocenters. The van der Waals surface area contributed by atoms with Crippen LogP contribution in [-0.2, 0) is 6.54 Å². The second kappa shape index (κ2) is 5.94. The first-order valence-corrected chi connectivity index (χ1v) is 5.84. The van der Waals surface area contributed by atoms with Gasteiger partial charge in [-0.05, 0) is 24.6 Å². The minimum atomic E-state index is 0.715. The molecular formula is C13H17N3O. The predicted molar refractivity (Wildman–Crippen MR) is 68.1 cm³/mol. The summed E-state index contributed by atoms with van der Waals surface area (Å²) < 4.78 is 5.67. The van der Waals surface area contributed by atoms with E-state index in [9.17, 15) is 0 Å². The first kappa shape index (κ1) is 11.5. The average Bonchev–Trinajstić information content (AvgIpc) is 2.88. The van der Waals surface area contributed by atoms with Gasteiger partial charge in [0.15, 0.2) is 0 Å². The third-order valence-electron chi connectivity index (χ3n) is 2.38. The Morgan fingerprint density at radius 1 is 1.29 bits per heavy atom. The van der Waals surface area contributed by atoms with Crippen molar-refractivity contribution in [3.05, 3.63) is 42.2 Å². The molecule has 1 aromatic carbocycles. The standard InChI is InChI=1S/C13H17N3O/c1-2-9-17-13-6-4-3-5-12(13)14-10-11-7-8-15-16-11/h3-8,14H,2,9-10H2,1H3,(H,15,16). The zero-order chi connectivity index (χ0) is 11.9. The van der Waals surface area contributed by atoms with Gasteiger partial charge in [-0.3, -0.25) is 5.10 Å². The average molecular weight is 231 g/mol. The lowest BCUT2D eigenvalue weighted by atomic mass is 10.3. The Balaban J connectivity index is 1.99. The quantitative estimate of drug-likeness (QED) is 0.803. The number of nitrogens with zero attached hydrogens (tertiary/aromatic N) is 1. The summed E-state index contributed by atoms with van der Waals surface area (Å²) in [5.74, 6) is 0.897. The van der Waals surface area contributed by atoms with Crippen LogP contribution in [0, 0.1) is 0 Å². The van der Waals surface area contributed by atoms with Gasteiger partial charge >= 0.3 is 0 Å². The first-order valence-electron chi connectivity index (χ1n) is 5.84. The molecule has 2 aromatic rings. The van der Waals surface area contributed by atoms with Crippen LogP contribution in [0.3, 0.4) is 0 Å². The van der Waals surface area contributed by atoms with Gasteiger partial charge in [0.25, 0.3) is 0 Å². The van der Waals surface area contributed by atoms with Gasteiger partial charge in [0.1, 0.15) is 5.75 Å². The van der Waals surface area contributed by atoms with E-state index in [0.29, 0.717) is 6.54 Å². The van der Waals surface area contributed by atoms with E-state index in [1.165, 1.54) is 0 Å². The fourth-order valence-electron chi connectivity index (χ4n) is 1.52. The third-order valence-corrected chi connectivity index (χ3v) is 2.38. The van der Waals surface area contributed by atoms with E-state index in [2.05, 4.69) is 22.4 Å². The number of H-pyrrole nitrogens is 1. The van der Waals surface area contributed by atoms with Gasteiger partial charge in [-0.15, -0.1) is 0 Å². The molecule has 0 radical (unpaired) electrons. The van der Waals surface area contributed by atoms with Crippen molar-refractivity contribution in [3.63, 3.8) is 0 Å². The van der Waals surface area contributed by atoms with Crippen molar-refractivity contribution in [2.75, 3.05) is 11.9 Å². The highest BCUT2D eigenvalue weighted by Crippen LogP contribution is 2.24. The molecule has 0 amide bonds. The van der Waals surface area contributed by atoms with Crippen LogP contribution in [0.5, 0.6) is 5.75 Å². The lowest BCUT2D eigenvalue weighted by molar-refractivity contribution is 0.319. The van der Waals surface area contributed by atoms with Gasteiger partial charge < -0.3 is 10.1 Å². The van der Waals surface area contributed by atoms with Gasteiger partial charge in [0.2, 0.25) is 0 Å². The van der Waals surface area contributed by atoms with Crippen molar-refractivity contribution in [2.24, 2.45) is 0 Å². The molecule has 90 valence electrons. The van der Waals surface area contributed by atoms with Crippen molar-refractivity contribution < 1.29 is 4.74 Å². The molecule has 0 spiro atoms. The molecule has 1 aromatic heterocycles.